The van der Waals surface area contributed by atoms with Crippen molar-refractivity contribution in [1.82, 2.24) is 0 Å². The zero-order chi connectivity index (χ0) is 11.4. The molecule has 0 bridgehead atoms. The van der Waals surface area contributed by atoms with Gasteiger partial charge in [-0.05, 0) is 6.07 Å². The average Bonchev–Trinajstić information content (AvgIpc) is 2.16. The van der Waals surface area contributed by atoms with Gasteiger partial charge in [-0.2, -0.15) is 0 Å². The second-order valence-electron chi connectivity index (χ2n) is 2.56. The summed E-state index contributed by atoms with van der Waals surface area (Å²) >= 11 is 5.69. The van der Waals surface area contributed by atoms with Gasteiger partial charge in [0, 0.05) is 28.8 Å². The van der Waals surface area contributed by atoms with Crippen LogP contribution in [0.25, 0.3) is 6.08 Å². The number of rotatable bonds is 3. The van der Waals surface area contributed by atoms with Crippen LogP contribution in [0.2, 0.25) is 5.02 Å². The molecule has 78 valence electrons. The van der Waals surface area contributed by atoms with Gasteiger partial charge in [-0.25, -0.2) is 0 Å². The van der Waals surface area contributed by atoms with Gasteiger partial charge in [-0.15, -0.1) is 0 Å². The van der Waals surface area contributed by atoms with E-state index < -0.39 is 9.85 Å². The third-order valence-electron chi connectivity index (χ3n) is 1.57. The van der Waals surface area contributed by atoms with Crippen LogP contribution in [-0.4, -0.2) is 9.85 Å². The molecule has 0 N–H and O–H groups in total. The van der Waals surface area contributed by atoms with Crippen molar-refractivity contribution < 1.29 is 9.85 Å². The Labute approximate surface area is 89.1 Å². The van der Waals surface area contributed by atoms with E-state index in [0.717, 1.165) is 6.08 Å². The van der Waals surface area contributed by atoms with E-state index in [4.69, 9.17) is 11.6 Å². The lowest BCUT2D eigenvalue weighted by atomic mass is 10.2. The topological polar surface area (TPSA) is 86.3 Å². The standard InChI is InChI=1S/C8H5ClN2O4/c9-8-2-1-7(11(14)15)5-6(8)3-4-10(12)13/h1-5H/b4-3-. The molecule has 0 aliphatic rings. The van der Waals surface area contributed by atoms with Crippen LogP contribution < -0.4 is 0 Å². The SMILES string of the molecule is O=[N+]([O-])/C=C\c1cc([N+](=O)[O-])ccc1Cl. The molecule has 1 aromatic carbocycles. The predicted octanol–water partition coefficient (Wildman–Crippen LogP) is 2.50. The number of hydrogen-bond donors (Lipinski definition) is 0. The van der Waals surface area contributed by atoms with Gasteiger partial charge in [0.05, 0.1) is 9.85 Å². The van der Waals surface area contributed by atoms with E-state index in [-0.39, 0.29) is 16.3 Å². The Hall–Kier alpha value is -1.95. The number of hydrogen-bond acceptors (Lipinski definition) is 4. The van der Waals surface area contributed by atoms with Crippen LogP contribution >= 0.6 is 11.6 Å². The van der Waals surface area contributed by atoms with E-state index in [9.17, 15) is 20.2 Å². The molecule has 0 amide bonds. The van der Waals surface area contributed by atoms with E-state index in [1.54, 1.807) is 0 Å². The first-order valence-corrected chi connectivity index (χ1v) is 4.14. The maximum atomic E-state index is 10.4. The van der Waals surface area contributed by atoms with Crippen LogP contribution in [0.5, 0.6) is 0 Å². The van der Waals surface area contributed by atoms with E-state index >= 15 is 0 Å². The minimum Gasteiger partial charge on any atom is -0.259 e. The first-order chi connectivity index (χ1) is 7.00. The van der Waals surface area contributed by atoms with Crippen LogP contribution in [0.15, 0.2) is 24.4 Å². The average molecular weight is 229 g/mol. The number of nitro benzene ring substituents is 1. The highest BCUT2D eigenvalue weighted by atomic mass is 35.5. The molecule has 0 fully saturated rings. The molecule has 1 rings (SSSR count). The van der Waals surface area contributed by atoms with Crippen molar-refractivity contribution in [2.24, 2.45) is 0 Å². The van der Waals surface area contributed by atoms with Gasteiger partial charge in [-0.3, -0.25) is 20.2 Å². The summed E-state index contributed by atoms with van der Waals surface area (Å²) in [6.45, 7) is 0. The lowest BCUT2D eigenvalue weighted by molar-refractivity contribution is -0.400. The van der Waals surface area contributed by atoms with Gasteiger partial charge < -0.3 is 0 Å². The maximum Gasteiger partial charge on any atom is 0.270 e. The van der Waals surface area contributed by atoms with Crippen LogP contribution in [0.1, 0.15) is 5.56 Å². The molecule has 0 aliphatic carbocycles. The molecule has 0 aromatic heterocycles. The van der Waals surface area contributed by atoms with Gasteiger partial charge in [0.25, 0.3) is 5.69 Å². The van der Waals surface area contributed by atoms with Crippen molar-refractivity contribution in [1.29, 1.82) is 0 Å². The third-order valence-corrected chi connectivity index (χ3v) is 1.91. The highest BCUT2D eigenvalue weighted by Gasteiger charge is 2.08. The van der Waals surface area contributed by atoms with Crippen LogP contribution in [0, 0.1) is 20.2 Å². The molecule has 0 radical (unpaired) electrons. The van der Waals surface area contributed by atoms with Gasteiger partial charge in [0.2, 0.25) is 6.20 Å². The normalized spacial score (nSPS) is 10.5. The van der Waals surface area contributed by atoms with E-state index in [1.165, 1.54) is 18.2 Å². The Morgan fingerprint density at radius 3 is 2.47 bits per heavy atom. The number of halogens is 1. The lowest BCUT2D eigenvalue weighted by Crippen LogP contribution is -1.89. The molecule has 0 heterocycles. The highest BCUT2D eigenvalue weighted by Crippen LogP contribution is 2.22. The minimum atomic E-state index is -0.671. The van der Waals surface area contributed by atoms with Gasteiger partial charge >= 0.3 is 0 Å². The van der Waals surface area contributed by atoms with Crippen molar-refractivity contribution in [3.8, 4) is 0 Å². The summed E-state index contributed by atoms with van der Waals surface area (Å²) in [6, 6.07) is 3.72. The summed E-state index contributed by atoms with van der Waals surface area (Å²) < 4.78 is 0. The van der Waals surface area contributed by atoms with Crippen LogP contribution in [-0.2, 0) is 0 Å². The maximum absolute atomic E-state index is 10.4. The summed E-state index contributed by atoms with van der Waals surface area (Å²) in [7, 11) is 0. The Morgan fingerprint density at radius 2 is 1.93 bits per heavy atom. The second-order valence-corrected chi connectivity index (χ2v) is 2.97. The molecule has 0 unspecified atom stereocenters. The molecule has 7 heteroatoms. The molecule has 15 heavy (non-hydrogen) atoms. The van der Waals surface area contributed by atoms with E-state index in [0.29, 0.717) is 6.20 Å². The van der Waals surface area contributed by atoms with Gasteiger partial charge in [0.15, 0.2) is 0 Å². The number of nitro groups is 2. The largest absolute Gasteiger partial charge is 0.270 e. The Bertz CT molecular complexity index is 444. The monoisotopic (exact) mass is 228 g/mol. The first kappa shape index (κ1) is 11.1. The Kier molecular flexibility index (Phi) is 3.35. The van der Waals surface area contributed by atoms with Crippen molar-refractivity contribution in [3.05, 3.63) is 55.2 Å². The predicted molar refractivity (Wildman–Crippen MR) is 54.1 cm³/mol. The second kappa shape index (κ2) is 4.52. The molecule has 0 spiro atoms. The fraction of sp³-hybridized carbons (Fsp3) is 0. The number of nitrogens with zero attached hydrogens (tertiary/aromatic N) is 2. The van der Waals surface area contributed by atoms with Crippen molar-refractivity contribution >= 4 is 23.4 Å². The molecular formula is C8H5ClN2O4. The number of non-ortho nitro benzene ring substituents is 1. The summed E-state index contributed by atoms with van der Waals surface area (Å²) in [5.74, 6) is 0. The zero-order valence-electron chi connectivity index (χ0n) is 7.29. The Balaban J connectivity index is 3.11. The molecule has 0 atom stereocenters. The van der Waals surface area contributed by atoms with Crippen LogP contribution in [0.4, 0.5) is 5.69 Å². The Morgan fingerprint density at radius 1 is 1.27 bits per heavy atom. The summed E-state index contributed by atoms with van der Waals surface area (Å²) in [6.07, 6.45) is 1.78. The summed E-state index contributed by atoms with van der Waals surface area (Å²) in [4.78, 5) is 19.2. The molecule has 6 nitrogen and oxygen atoms in total. The smallest absolute Gasteiger partial charge is 0.259 e. The van der Waals surface area contributed by atoms with E-state index in [1.807, 2.05) is 0 Å². The fourth-order valence-electron chi connectivity index (χ4n) is 0.914. The zero-order valence-corrected chi connectivity index (χ0v) is 8.05. The summed E-state index contributed by atoms with van der Waals surface area (Å²) in [5.41, 5.74) is 0.0740. The molecule has 1 aromatic rings. The van der Waals surface area contributed by atoms with Crippen molar-refractivity contribution in [2.45, 2.75) is 0 Å². The van der Waals surface area contributed by atoms with Crippen LogP contribution in [0.3, 0.4) is 0 Å². The van der Waals surface area contributed by atoms with Gasteiger partial charge in [0.1, 0.15) is 0 Å². The fourth-order valence-corrected chi connectivity index (χ4v) is 1.09. The quantitative estimate of drug-likeness (QED) is 0.587. The highest BCUT2D eigenvalue weighted by molar-refractivity contribution is 6.32. The van der Waals surface area contributed by atoms with Crippen molar-refractivity contribution in [2.75, 3.05) is 0 Å². The molecule has 0 saturated carbocycles. The minimum absolute atomic E-state index is 0.164. The van der Waals surface area contributed by atoms with Gasteiger partial charge in [-0.1, -0.05) is 11.6 Å². The number of benzene rings is 1. The first-order valence-electron chi connectivity index (χ1n) is 3.76. The molecule has 0 aliphatic heterocycles. The molecule has 0 saturated heterocycles. The summed E-state index contributed by atoms with van der Waals surface area (Å²) in [5, 5.41) is 20.7. The van der Waals surface area contributed by atoms with Crippen molar-refractivity contribution in [3.63, 3.8) is 0 Å². The lowest BCUT2D eigenvalue weighted by Gasteiger charge is -1.96. The van der Waals surface area contributed by atoms with E-state index in [2.05, 4.69) is 0 Å². The third kappa shape index (κ3) is 3.03. The molecular weight excluding hydrogens is 224 g/mol.